The molecule has 0 aliphatic carbocycles. The fourth-order valence-electron chi connectivity index (χ4n) is 1.82. The molecule has 0 spiro atoms. The third kappa shape index (κ3) is 2.05. The highest BCUT2D eigenvalue weighted by Crippen LogP contribution is 2.21. The Morgan fingerprint density at radius 3 is 2.95 bits per heavy atom. The van der Waals surface area contributed by atoms with E-state index in [0.29, 0.717) is 23.1 Å². The highest BCUT2D eigenvalue weighted by Gasteiger charge is 2.12. The van der Waals surface area contributed by atoms with Gasteiger partial charge in [-0.05, 0) is 13.0 Å². The molecule has 0 unspecified atom stereocenters. The summed E-state index contributed by atoms with van der Waals surface area (Å²) in [6.07, 6.45) is 3.12. The Morgan fingerprint density at radius 2 is 2.26 bits per heavy atom. The summed E-state index contributed by atoms with van der Waals surface area (Å²) in [7, 11) is 0. The number of aryl methyl sites for hydroxylation is 1. The number of rotatable bonds is 2. The normalized spacial score (nSPS) is 10.8. The zero-order chi connectivity index (χ0) is 13.4. The zero-order valence-electron chi connectivity index (χ0n) is 10.4. The third-order valence-electron chi connectivity index (χ3n) is 2.51. The van der Waals surface area contributed by atoms with Gasteiger partial charge in [-0.1, -0.05) is 0 Å². The van der Waals surface area contributed by atoms with Gasteiger partial charge in [0.1, 0.15) is 17.9 Å². The fourth-order valence-corrected chi connectivity index (χ4v) is 1.82. The van der Waals surface area contributed by atoms with Gasteiger partial charge in [0.2, 0.25) is 5.91 Å². The van der Waals surface area contributed by atoms with Crippen LogP contribution in [0.3, 0.4) is 0 Å². The number of furan rings is 1. The molecule has 0 aliphatic rings. The van der Waals surface area contributed by atoms with Crippen molar-refractivity contribution in [2.45, 2.75) is 13.8 Å². The van der Waals surface area contributed by atoms with E-state index in [2.05, 4.69) is 20.4 Å². The van der Waals surface area contributed by atoms with E-state index in [1.54, 1.807) is 36.1 Å². The van der Waals surface area contributed by atoms with Crippen molar-refractivity contribution in [3.8, 4) is 11.4 Å². The number of hydrogen-bond acceptors (Lipinski definition) is 5. The summed E-state index contributed by atoms with van der Waals surface area (Å²) in [5, 5.41) is 6.92. The van der Waals surface area contributed by atoms with Crippen molar-refractivity contribution in [2.75, 3.05) is 5.32 Å². The second-order valence-electron chi connectivity index (χ2n) is 4.09. The molecule has 1 amide bonds. The van der Waals surface area contributed by atoms with Crippen molar-refractivity contribution in [1.29, 1.82) is 0 Å². The van der Waals surface area contributed by atoms with Crippen molar-refractivity contribution in [3.05, 3.63) is 30.5 Å². The minimum atomic E-state index is -0.189. The maximum Gasteiger partial charge on any atom is 0.222 e. The van der Waals surface area contributed by atoms with Crippen LogP contribution in [0.4, 0.5) is 5.82 Å². The van der Waals surface area contributed by atoms with Gasteiger partial charge in [-0.3, -0.25) is 4.79 Å². The van der Waals surface area contributed by atoms with Crippen LogP contribution >= 0.6 is 0 Å². The minimum Gasteiger partial charge on any atom is -0.472 e. The van der Waals surface area contributed by atoms with Gasteiger partial charge in [-0.15, -0.1) is 5.10 Å². The van der Waals surface area contributed by atoms with Crippen LogP contribution in [0.25, 0.3) is 17.0 Å². The fraction of sp³-hybridized carbons (Fsp3) is 0.167. The van der Waals surface area contributed by atoms with E-state index in [1.165, 1.54) is 6.92 Å². The second-order valence-corrected chi connectivity index (χ2v) is 4.09. The number of carbonyl (C=O) groups excluding carboxylic acids is 1. The minimum absolute atomic E-state index is 0.189. The molecule has 3 rings (SSSR count). The topological polar surface area (TPSA) is 85.3 Å². The van der Waals surface area contributed by atoms with Gasteiger partial charge in [-0.25, -0.2) is 9.97 Å². The Kier molecular flexibility index (Phi) is 2.52. The molecule has 0 radical (unpaired) electrons. The lowest BCUT2D eigenvalue weighted by Gasteiger charge is -2.05. The van der Waals surface area contributed by atoms with Crippen LogP contribution in [-0.4, -0.2) is 25.5 Å². The number of carbonyl (C=O) groups is 1. The summed E-state index contributed by atoms with van der Waals surface area (Å²) in [5.41, 5.74) is 1.38. The molecule has 0 saturated heterocycles. The molecule has 0 aromatic carbocycles. The van der Waals surface area contributed by atoms with Crippen LogP contribution in [0.15, 0.2) is 29.1 Å². The summed E-state index contributed by atoms with van der Waals surface area (Å²) in [6.45, 7) is 3.22. The lowest BCUT2D eigenvalue weighted by Crippen LogP contribution is -2.09. The number of hydrogen-bond donors (Lipinski definition) is 1. The van der Waals surface area contributed by atoms with E-state index in [9.17, 15) is 4.79 Å². The number of aromatic nitrogens is 4. The van der Waals surface area contributed by atoms with Gasteiger partial charge >= 0.3 is 0 Å². The molecule has 0 fully saturated rings. The molecular weight excluding hydrogens is 246 g/mol. The molecule has 3 heterocycles. The van der Waals surface area contributed by atoms with Crippen molar-refractivity contribution >= 4 is 17.4 Å². The first kappa shape index (κ1) is 11.4. The quantitative estimate of drug-likeness (QED) is 0.754. The Bertz CT molecular complexity index is 745. The number of anilines is 1. The smallest absolute Gasteiger partial charge is 0.222 e. The van der Waals surface area contributed by atoms with Crippen LogP contribution in [0.5, 0.6) is 0 Å². The summed E-state index contributed by atoms with van der Waals surface area (Å²) < 4.78 is 6.67. The zero-order valence-corrected chi connectivity index (χ0v) is 10.4. The summed E-state index contributed by atoms with van der Waals surface area (Å²) in [6, 6.07) is 3.45. The van der Waals surface area contributed by atoms with Crippen LogP contribution in [-0.2, 0) is 4.79 Å². The molecule has 0 saturated carbocycles. The lowest BCUT2D eigenvalue weighted by molar-refractivity contribution is -0.114. The maximum atomic E-state index is 11.1. The van der Waals surface area contributed by atoms with E-state index in [-0.39, 0.29) is 5.91 Å². The molecule has 3 aromatic heterocycles. The van der Waals surface area contributed by atoms with Crippen molar-refractivity contribution in [2.24, 2.45) is 0 Å². The molecule has 3 aromatic rings. The molecule has 0 atom stereocenters. The van der Waals surface area contributed by atoms with Gasteiger partial charge in [0, 0.05) is 13.0 Å². The average Bonchev–Trinajstić information content (AvgIpc) is 2.94. The van der Waals surface area contributed by atoms with Gasteiger partial charge < -0.3 is 9.73 Å². The Hall–Kier alpha value is -2.70. The first-order valence-corrected chi connectivity index (χ1v) is 5.68. The lowest BCUT2D eigenvalue weighted by atomic mass is 10.3. The van der Waals surface area contributed by atoms with E-state index < -0.39 is 0 Å². The van der Waals surface area contributed by atoms with Crippen LogP contribution in [0.1, 0.15) is 12.7 Å². The van der Waals surface area contributed by atoms with E-state index in [1.807, 2.05) is 0 Å². The molecule has 96 valence electrons. The van der Waals surface area contributed by atoms with E-state index in [0.717, 1.165) is 5.56 Å². The molecule has 1 N–H and O–H groups in total. The first-order chi connectivity index (χ1) is 9.13. The monoisotopic (exact) mass is 257 g/mol. The first-order valence-electron chi connectivity index (χ1n) is 5.68. The predicted octanol–water partition coefficient (Wildman–Crippen LogP) is 1.65. The second kappa shape index (κ2) is 4.20. The largest absolute Gasteiger partial charge is 0.472 e. The van der Waals surface area contributed by atoms with Crippen LogP contribution < -0.4 is 5.32 Å². The molecular formula is C12H11N5O2. The Labute approximate surface area is 108 Å². The number of nitrogens with one attached hydrogen (secondary N) is 1. The Balaban J connectivity index is 2.24. The van der Waals surface area contributed by atoms with Gasteiger partial charge in [0.15, 0.2) is 11.5 Å². The molecule has 0 bridgehead atoms. The van der Waals surface area contributed by atoms with Crippen molar-refractivity contribution in [3.63, 3.8) is 0 Å². The van der Waals surface area contributed by atoms with Crippen molar-refractivity contribution < 1.29 is 9.21 Å². The molecule has 7 heteroatoms. The Morgan fingerprint density at radius 1 is 1.42 bits per heavy atom. The molecule has 0 aliphatic heterocycles. The SMILES string of the molecule is CC(=O)Nc1cc2nc(C)nn2c(-c2ccoc2)n1. The standard InChI is InChI=1S/C12H11N5O2/c1-7-13-11-5-10(14-8(2)18)15-12(17(11)16-7)9-3-4-19-6-9/h3-6H,1-2H3,(H,14,18). The maximum absolute atomic E-state index is 11.1. The van der Waals surface area contributed by atoms with E-state index >= 15 is 0 Å². The highest BCUT2D eigenvalue weighted by atomic mass is 16.3. The highest BCUT2D eigenvalue weighted by molar-refractivity contribution is 5.88. The van der Waals surface area contributed by atoms with Crippen molar-refractivity contribution in [1.82, 2.24) is 19.6 Å². The number of nitrogens with zero attached hydrogens (tertiary/aromatic N) is 4. The third-order valence-corrected chi connectivity index (χ3v) is 2.51. The summed E-state index contributed by atoms with van der Waals surface area (Å²) >= 11 is 0. The van der Waals surface area contributed by atoms with Gasteiger partial charge in [0.05, 0.1) is 11.8 Å². The number of amides is 1. The van der Waals surface area contributed by atoms with Crippen LogP contribution in [0, 0.1) is 6.92 Å². The average molecular weight is 257 g/mol. The molecule has 19 heavy (non-hydrogen) atoms. The summed E-state index contributed by atoms with van der Waals surface area (Å²) in [5.74, 6) is 1.44. The number of fused-ring (bicyclic) bond motifs is 1. The van der Waals surface area contributed by atoms with Gasteiger partial charge in [0.25, 0.3) is 0 Å². The van der Waals surface area contributed by atoms with Crippen LogP contribution in [0.2, 0.25) is 0 Å². The van der Waals surface area contributed by atoms with E-state index in [4.69, 9.17) is 4.42 Å². The van der Waals surface area contributed by atoms with Gasteiger partial charge in [-0.2, -0.15) is 4.52 Å². The molecule has 7 nitrogen and oxygen atoms in total. The summed E-state index contributed by atoms with van der Waals surface area (Å²) in [4.78, 5) is 19.8. The predicted molar refractivity (Wildman–Crippen MR) is 67.5 cm³/mol.